The zero-order chi connectivity index (χ0) is 12.6. The van der Waals surface area contributed by atoms with Crippen LogP contribution in [0.1, 0.15) is 0 Å². The fourth-order valence-electron chi connectivity index (χ4n) is 0.589. The number of rotatable bonds is 6. The highest BCUT2D eigenvalue weighted by Crippen LogP contribution is 1.89. The summed E-state index contributed by atoms with van der Waals surface area (Å²) in [4.78, 5) is 21.9. The molecule has 0 aromatic rings. The quantitative estimate of drug-likeness (QED) is 0.277. The Hall–Kier alpha value is -1.22. The van der Waals surface area contributed by atoms with Gasteiger partial charge in [0.25, 0.3) is 0 Å². The summed E-state index contributed by atoms with van der Waals surface area (Å²) in [5.41, 5.74) is 10.5. The van der Waals surface area contributed by atoms with Gasteiger partial charge in [-0.2, -0.15) is 0 Å². The molecule has 0 aromatic heterocycles. The third kappa shape index (κ3) is 6.30. The van der Waals surface area contributed by atoms with Crippen molar-refractivity contribution in [2.45, 2.75) is 12.1 Å². The van der Waals surface area contributed by atoms with Gasteiger partial charge in [-0.05, 0) is 0 Å². The fourth-order valence-corrected chi connectivity index (χ4v) is 0.589. The highest BCUT2D eigenvalue weighted by atomic mass is 16.6. The van der Waals surface area contributed by atoms with Crippen LogP contribution in [0.4, 0.5) is 0 Å². The molecule has 0 heterocycles. The molecule has 0 aliphatic heterocycles. The minimum Gasteiger partial charge on any atom is -0.456 e. The van der Waals surface area contributed by atoms with Crippen LogP contribution in [0.3, 0.4) is 0 Å². The average Bonchev–Trinajstić information content (AvgIpc) is 2.31. The molecular weight excluding hydrogens is 220 g/mol. The van der Waals surface area contributed by atoms with E-state index in [1.807, 2.05) is 0 Å². The third-order valence-corrected chi connectivity index (χ3v) is 1.49. The second kappa shape index (κ2) is 7.99. The maximum atomic E-state index is 10.9. The van der Waals surface area contributed by atoms with Crippen molar-refractivity contribution < 1.29 is 29.3 Å². The van der Waals surface area contributed by atoms with Crippen molar-refractivity contribution in [1.82, 2.24) is 0 Å². The molecule has 6 N–H and O–H groups in total. The Bertz CT molecular complexity index is 211. The molecule has 8 nitrogen and oxygen atoms in total. The van der Waals surface area contributed by atoms with Gasteiger partial charge in [0.15, 0.2) is 0 Å². The highest BCUT2D eigenvalue weighted by molar-refractivity contribution is 6.29. The number of esters is 2. The van der Waals surface area contributed by atoms with Gasteiger partial charge in [-0.15, -0.1) is 0 Å². The lowest BCUT2D eigenvalue weighted by molar-refractivity contribution is -0.168. The van der Waals surface area contributed by atoms with E-state index in [0.29, 0.717) is 0 Å². The molecule has 0 fully saturated rings. The summed E-state index contributed by atoms with van der Waals surface area (Å²) in [7, 11) is 0. The first-order valence-electron chi connectivity index (χ1n) is 4.58. The smallest absolute Gasteiger partial charge is 0.417 e. The van der Waals surface area contributed by atoms with Crippen LogP contribution in [0.25, 0.3) is 0 Å². The third-order valence-electron chi connectivity index (χ3n) is 1.49. The van der Waals surface area contributed by atoms with E-state index in [4.69, 9.17) is 21.7 Å². The predicted molar refractivity (Wildman–Crippen MR) is 52.0 cm³/mol. The van der Waals surface area contributed by atoms with Gasteiger partial charge in [0.2, 0.25) is 0 Å². The van der Waals surface area contributed by atoms with Crippen molar-refractivity contribution in [2.75, 3.05) is 26.4 Å². The Morgan fingerprint density at radius 3 is 1.50 bits per heavy atom. The molecule has 8 heteroatoms. The number of aliphatic hydroxyl groups is 2. The summed E-state index contributed by atoms with van der Waals surface area (Å²) < 4.78 is 8.84. The molecule has 16 heavy (non-hydrogen) atoms. The Morgan fingerprint density at radius 1 is 0.938 bits per heavy atom. The number of carbonyl (C=O) groups is 2. The monoisotopic (exact) mass is 236 g/mol. The Morgan fingerprint density at radius 2 is 1.25 bits per heavy atom. The van der Waals surface area contributed by atoms with Crippen molar-refractivity contribution in [2.24, 2.45) is 11.5 Å². The van der Waals surface area contributed by atoms with Crippen LogP contribution in [0.5, 0.6) is 0 Å². The molecule has 0 amide bonds. The Balaban J connectivity index is 3.78. The standard InChI is InChI=1S/C8H16N2O6/c9-5(1-11)3-15-7(13)8(14)16-4-6(10)2-12/h5-6,11-12H,1-4,9-10H2. The van der Waals surface area contributed by atoms with Gasteiger partial charge in [-0.1, -0.05) is 0 Å². The second-order valence-electron chi connectivity index (χ2n) is 3.08. The molecule has 0 aliphatic carbocycles. The first-order chi connectivity index (χ1) is 7.51. The molecule has 0 saturated carbocycles. The largest absolute Gasteiger partial charge is 0.456 e. The van der Waals surface area contributed by atoms with E-state index in [1.54, 1.807) is 0 Å². The Labute approximate surface area is 92.1 Å². The minimum atomic E-state index is -1.21. The maximum Gasteiger partial charge on any atom is 0.417 e. The summed E-state index contributed by atoms with van der Waals surface area (Å²) in [6, 6.07) is -1.48. The molecule has 0 bridgehead atoms. The molecule has 0 rings (SSSR count). The summed E-state index contributed by atoms with van der Waals surface area (Å²) in [5.74, 6) is -2.43. The lowest BCUT2D eigenvalue weighted by Gasteiger charge is -2.10. The summed E-state index contributed by atoms with van der Waals surface area (Å²) in [6.07, 6.45) is 0. The van der Waals surface area contributed by atoms with E-state index >= 15 is 0 Å². The van der Waals surface area contributed by atoms with Crippen molar-refractivity contribution in [3.8, 4) is 0 Å². The second-order valence-corrected chi connectivity index (χ2v) is 3.08. The van der Waals surface area contributed by atoms with Crippen molar-refractivity contribution in [1.29, 1.82) is 0 Å². The number of carbonyl (C=O) groups excluding carboxylic acids is 2. The predicted octanol–water partition coefficient (Wildman–Crippen LogP) is -3.29. The molecule has 94 valence electrons. The minimum absolute atomic E-state index is 0.281. The lowest BCUT2D eigenvalue weighted by atomic mass is 10.4. The number of aliphatic hydroxyl groups excluding tert-OH is 2. The van der Waals surface area contributed by atoms with E-state index in [0.717, 1.165) is 0 Å². The van der Waals surface area contributed by atoms with E-state index in [1.165, 1.54) is 0 Å². The Kier molecular flexibility index (Phi) is 7.38. The van der Waals surface area contributed by atoms with Crippen LogP contribution >= 0.6 is 0 Å². The molecule has 2 unspecified atom stereocenters. The van der Waals surface area contributed by atoms with Crippen LogP contribution in [-0.4, -0.2) is 60.7 Å². The van der Waals surface area contributed by atoms with Crippen LogP contribution < -0.4 is 11.5 Å². The van der Waals surface area contributed by atoms with Gasteiger partial charge < -0.3 is 31.2 Å². The molecule has 0 spiro atoms. The molecule has 0 aliphatic rings. The van der Waals surface area contributed by atoms with Gasteiger partial charge in [0.1, 0.15) is 13.2 Å². The zero-order valence-electron chi connectivity index (χ0n) is 8.67. The number of hydrogen-bond donors (Lipinski definition) is 4. The molecule has 0 saturated heterocycles. The summed E-state index contributed by atoms with van der Waals surface area (Å²) >= 11 is 0. The molecule has 2 atom stereocenters. The van der Waals surface area contributed by atoms with E-state index in [2.05, 4.69) is 9.47 Å². The number of ether oxygens (including phenoxy) is 2. The van der Waals surface area contributed by atoms with Crippen LogP contribution in [0.2, 0.25) is 0 Å². The fraction of sp³-hybridized carbons (Fsp3) is 0.750. The molecule has 0 aromatic carbocycles. The lowest BCUT2D eigenvalue weighted by Crippen LogP contribution is -2.35. The van der Waals surface area contributed by atoms with E-state index < -0.39 is 24.0 Å². The normalized spacial score (nSPS) is 14.0. The topological polar surface area (TPSA) is 145 Å². The number of nitrogens with two attached hydrogens (primary N) is 2. The summed E-state index contributed by atoms with van der Waals surface area (Å²) in [5, 5.41) is 17.0. The first kappa shape index (κ1) is 14.8. The summed E-state index contributed by atoms with van der Waals surface area (Å²) in [6.45, 7) is -1.29. The van der Waals surface area contributed by atoms with Crippen LogP contribution in [-0.2, 0) is 19.1 Å². The highest BCUT2D eigenvalue weighted by Gasteiger charge is 2.19. The molecular formula is C8H16N2O6. The van der Waals surface area contributed by atoms with Gasteiger partial charge >= 0.3 is 11.9 Å². The first-order valence-corrected chi connectivity index (χ1v) is 4.58. The van der Waals surface area contributed by atoms with Crippen molar-refractivity contribution in [3.63, 3.8) is 0 Å². The molecule has 0 radical (unpaired) electrons. The van der Waals surface area contributed by atoms with Gasteiger partial charge in [0.05, 0.1) is 25.3 Å². The van der Waals surface area contributed by atoms with Gasteiger partial charge in [-0.3, -0.25) is 0 Å². The van der Waals surface area contributed by atoms with Crippen LogP contribution in [0.15, 0.2) is 0 Å². The van der Waals surface area contributed by atoms with Gasteiger partial charge in [0, 0.05) is 0 Å². The zero-order valence-corrected chi connectivity index (χ0v) is 8.67. The maximum absolute atomic E-state index is 10.9. The van der Waals surface area contributed by atoms with E-state index in [-0.39, 0.29) is 26.4 Å². The van der Waals surface area contributed by atoms with Crippen LogP contribution in [0, 0.1) is 0 Å². The number of hydrogen-bond acceptors (Lipinski definition) is 8. The average molecular weight is 236 g/mol. The van der Waals surface area contributed by atoms with E-state index in [9.17, 15) is 9.59 Å². The van der Waals surface area contributed by atoms with Crippen molar-refractivity contribution in [3.05, 3.63) is 0 Å². The SMILES string of the molecule is NC(CO)COC(=O)C(=O)OCC(N)CO. The van der Waals surface area contributed by atoms with Crippen molar-refractivity contribution >= 4 is 11.9 Å². The van der Waals surface area contributed by atoms with Gasteiger partial charge in [-0.25, -0.2) is 9.59 Å².